The van der Waals surface area contributed by atoms with Gasteiger partial charge in [-0.15, -0.1) is 0 Å². The van der Waals surface area contributed by atoms with Crippen LogP contribution in [0.15, 0.2) is 124 Å². The van der Waals surface area contributed by atoms with E-state index in [2.05, 4.69) is 40.2 Å². The van der Waals surface area contributed by atoms with Gasteiger partial charge in [-0.25, -0.2) is 8.42 Å². The molecule has 5 heteroatoms. The maximum atomic E-state index is 13.9. The third-order valence-corrected chi connectivity index (χ3v) is 8.89. The zero-order chi connectivity index (χ0) is 24.4. The number of aryl methyl sites for hydroxylation is 1. The number of sulfonamides is 1. The van der Waals surface area contributed by atoms with Crippen LogP contribution >= 0.6 is 15.9 Å². The van der Waals surface area contributed by atoms with Crippen molar-refractivity contribution in [2.45, 2.75) is 24.3 Å². The Kier molecular flexibility index (Phi) is 6.74. The molecule has 0 amide bonds. The SMILES string of the molecule is Cc1ccc(S(=O)(=O)N2CCC(=C(c3ccccc3)c3ccccc3)C2c2ccc(Br)cc2)cc1. The van der Waals surface area contributed by atoms with E-state index in [4.69, 9.17) is 0 Å². The van der Waals surface area contributed by atoms with E-state index in [-0.39, 0.29) is 0 Å². The summed E-state index contributed by atoms with van der Waals surface area (Å²) in [7, 11) is -3.71. The lowest BCUT2D eigenvalue weighted by molar-refractivity contribution is 0.415. The van der Waals surface area contributed by atoms with Gasteiger partial charge in [0.2, 0.25) is 10.0 Å². The first-order valence-electron chi connectivity index (χ1n) is 11.6. The van der Waals surface area contributed by atoms with Gasteiger partial charge in [0, 0.05) is 11.0 Å². The molecule has 176 valence electrons. The molecule has 0 spiro atoms. The lowest BCUT2D eigenvalue weighted by Gasteiger charge is -2.27. The van der Waals surface area contributed by atoms with E-state index in [0.29, 0.717) is 17.9 Å². The van der Waals surface area contributed by atoms with Gasteiger partial charge in [-0.1, -0.05) is 106 Å². The molecular weight excluding hydrogens is 518 g/mol. The second kappa shape index (κ2) is 9.94. The highest BCUT2D eigenvalue weighted by molar-refractivity contribution is 9.10. The van der Waals surface area contributed by atoms with Gasteiger partial charge in [0.1, 0.15) is 0 Å². The molecule has 0 saturated carbocycles. The van der Waals surface area contributed by atoms with Crippen LogP contribution in [0.3, 0.4) is 0 Å². The number of halogens is 1. The number of benzene rings is 4. The summed E-state index contributed by atoms with van der Waals surface area (Å²) < 4.78 is 30.5. The minimum atomic E-state index is -3.71. The number of nitrogens with zero attached hydrogens (tertiary/aromatic N) is 1. The first-order chi connectivity index (χ1) is 16.9. The Morgan fingerprint density at radius 1 is 0.771 bits per heavy atom. The second-order valence-electron chi connectivity index (χ2n) is 8.77. The summed E-state index contributed by atoms with van der Waals surface area (Å²) >= 11 is 3.53. The van der Waals surface area contributed by atoms with E-state index in [1.54, 1.807) is 16.4 Å². The van der Waals surface area contributed by atoms with Gasteiger partial charge < -0.3 is 0 Å². The Labute approximate surface area is 215 Å². The van der Waals surface area contributed by atoms with Crippen LogP contribution in [-0.2, 0) is 10.0 Å². The third-order valence-electron chi connectivity index (χ3n) is 6.48. The van der Waals surface area contributed by atoms with E-state index in [9.17, 15) is 8.42 Å². The third kappa shape index (κ3) is 4.76. The van der Waals surface area contributed by atoms with Crippen molar-refractivity contribution >= 4 is 31.5 Å². The van der Waals surface area contributed by atoms with Gasteiger partial charge in [0.05, 0.1) is 10.9 Å². The van der Waals surface area contributed by atoms with Crippen molar-refractivity contribution in [1.29, 1.82) is 0 Å². The van der Waals surface area contributed by atoms with E-state index < -0.39 is 16.1 Å². The van der Waals surface area contributed by atoms with Gasteiger partial charge >= 0.3 is 0 Å². The Morgan fingerprint density at radius 2 is 1.31 bits per heavy atom. The van der Waals surface area contributed by atoms with Crippen molar-refractivity contribution in [3.05, 3.63) is 141 Å². The van der Waals surface area contributed by atoms with Crippen LogP contribution in [0.2, 0.25) is 0 Å². The predicted molar refractivity (Wildman–Crippen MR) is 145 cm³/mol. The molecular formula is C30H26BrNO2S. The van der Waals surface area contributed by atoms with E-state index >= 15 is 0 Å². The zero-order valence-electron chi connectivity index (χ0n) is 19.4. The molecule has 35 heavy (non-hydrogen) atoms. The first kappa shape index (κ1) is 23.7. The lowest BCUT2D eigenvalue weighted by Crippen LogP contribution is -2.31. The fraction of sp³-hybridized carbons (Fsp3) is 0.133. The standard InChI is InChI=1S/C30H26BrNO2S/c1-22-12-18-27(19-13-22)35(33,34)32-21-20-28(30(32)25-14-16-26(31)17-15-25)29(23-8-4-2-5-9-23)24-10-6-3-7-11-24/h2-19,30H,20-21H2,1H3. The van der Waals surface area contributed by atoms with Gasteiger partial charge in [-0.3, -0.25) is 0 Å². The molecule has 1 fully saturated rings. The topological polar surface area (TPSA) is 37.4 Å². The quantitative estimate of drug-likeness (QED) is 0.263. The van der Waals surface area contributed by atoms with Crippen molar-refractivity contribution in [2.24, 2.45) is 0 Å². The van der Waals surface area contributed by atoms with Crippen LogP contribution in [0.4, 0.5) is 0 Å². The number of rotatable bonds is 5. The molecule has 4 aromatic rings. The lowest BCUT2D eigenvalue weighted by atomic mass is 9.87. The molecule has 1 saturated heterocycles. The fourth-order valence-corrected chi connectivity index (χ4v) is 6.67. The maximum Gasteiger partial charge on any atom is 0.243 e. The summed E-state index contributed by atoms with van der Waals surface area (Å²) in [5.74, 6) is 0. The molecule has 1 aliphatic heterocycles. The van der Waals surface area contributed by atoms with Gasteiger partial charge in [0.25, 0.3) is 0 Å². The second-order valence-corrected chi connectivity index (χ2v) is 11.6. The first-order valence-corrected chi connectivity index (χ1v) is 13.9. The molecule has 1 unspecified atom stereocenters. The van der Waals surface area contributed by atoms with Crippen LogP contribution < -0.4 is 0 Å². The van der Waals surface area contributed by atoms with Gasteiger partial charge in [-0.2, -0.15) is 4.31 Å². The molecule has 1 heterocycles. The average molecular weight is 545 g/mol. The molecule has 3 nitrogen and oxygen atoms in total. The van der Waals surface area contributed by atoms with Crippen molar-refractivity contribution in [3.8, 4) is 0 Å². The fourth-order valence-electron chi connectivity index (χ4n) is 4.80. The highest BCUT2D eigenvalue weighted by Gasteiger charge is 2.40. The van der Waals surface area contributed by atoms with Crippen molar-refractivity contribution in [3.63, 3.8) is 0 Å². The predicted octanol–water partition coefficient (Wildman–Crippen LogP) is 7.40. The largest absolute Gasteiger partial charge is 0.243 e. The molecule has 0 bridgehead atoms. The van der Waals surface area contributed by atoms with E-state index in [1.807, 2.05) is 79.7 Å². The zero-order valence-corrected chi connectivity index (χ0v) is 21.8. The Morgan fingerprint density at radius 3 is 1.86 bits per heavy atom. The van der Waals surface area contributed by atoms with E-state index in [1.165, 1.54) is 0 Å². The summed E-state index contributed by atoms with van der Waals surface area (Å²) in [5, 5.41) is 0. The summed E-state index contributed by atoms with van der Waals surface area (Å²) in [4.78, 5) is 0.326. The normalized spacial score (nSPS) is 16.4. The van der Waals surface area contributed by atoms with Crippen LogP contribution in [-0.4, -0.2) is 19.3 Å². The summed E-state index contributed by atoms with van der Waals surface area (Å²) in [6.07, 6.45) is 0.658. The molecule has 4 aromatic carbocycles. The molecule has 0 aliphatic carbocycles. The highest BCUT2D eigenvalue weighted by Crippen LogP contribution is 2.45. The Balaban J connectivity index is 1.74. The minimum absolute atomic E-state index is 0.326. The minimum Gasteiger partial charge on any atom is -0.207 e. The highest BCUT2D eigenvalue weighted by atomic mass is 79.9. The smallest absolute Gasteiger partial charge is 0.207 e. The molecule has 1 atom stereocenters. The molecule has 0 N–H and O–H groups in total. The monoisotopic (exact) mass is 543 g/mol. The molecule has 1 aliphatic rings. The van der Waals surface area contributed by atoms with Crippen LogP contribution in [0.1, 0.15) is 34.7 Å². The van der Waals surface area contributed by atoms with Crippen LogP contribution in [0.5, 0.6) is 0 Å². The number of hydrogen-bond acceptors (Lipinski definition) is 2. The molecule has 5 rings (SSSR count). The van der Waals surface area contributed by atoms with Gasteiger partial charge in [0.15, 0.2) is 0 Å². The summed E-state index contributed by atoms with van der Waals surface area (Å²) in [6.45, 7) is 2.39. The average Bonchev–Trinajstić information content (AvgIpc) is 3.32. The van der Waals surface area contributed by atoms with Crippen molar-refractivity contribution < 1.29 is 8.42 Å². The summed E-state index contributed by atoms with van der Waals surface area (Å²) in [6, 6.07) is 35.3. The molecule has 0 aromatic heterocycles. The maximum absolute atomic E-state index is 13.9. The Hall–Kier alpha value is -2.99. The van der Waals surface area contributed by atoms with Crippen LogP contribution in [0.25, 0.3) is 5.57 Å². The van der Waals surface area contributed by atoms with E-state index in [0.717, 1.165) is 37.9 Å². The van der Waals surface area contributed by atoms with Gasteiger partial charge in [-0.05, 0) is 65.4 Å². The summed E-state index contributed by atoms with van der Waals surface area (Å²) in [5.41, 5.74) is 6.38. The van der Waals surface area contributed by atoms with Crippen molar-refractivity contribution in [1.82, 2.24) is 4.31 Å². The van der Waals surface area contributed by atoms with Crippen molar-refractivity contribution in [2.75, 3.05) is 6.54 Å². The Bertz CT molecular complexity index is 1410. The van der Waals surface area contributed by atoms with Crippen LogP contribution in [0, 0.1) is 6.92 Å². The number of hydrogen-bond donors (Lipinski definition) is 0. The molecule has 0 radical (unpaired) electrons.